The molecule has 7 nitrogen and oxygen atoms in total. The number of likely N-dealkylation sites (N-methyl/N-ethyl adjacent to an activating group) is 1. The van der Waals surface area contributed by atoms with E-state index in [1.54, 1.807) is 7.11 Å². The first-order valence-electron chi connectivity index (χ1n) is 11.8. The topological polar surface area (TPSA) is 77.7 Å². The molecule has 1 fully saturated rings. The molecule has 0 radical (unpaired) electrons. The predicted octanol–water partition coefficient (Wildman–Crippen LogP) is 4.27. The first-order valence-corrected chi connectivity index (χ1v) is 11.8. The second-order valence-corrected chi connectivity index (χ2v) is 9.41. The predicted molar refractivity (Wildman–Crippen MR) is 138 cm³/mol. The fourth-order valence-corrected chi connectivity index (χ4v) is 4.96. The Labute approximate surface area is 205 Å². The maximum Gasteiger partial charge on any atom is 0.256 e. The molecule has 3 aromatic rings. The van der Waals surface area contributed by atoms with Crippen LogP contribution < -0.4 is 10.1 Å². The van der Waals surface area contributed by atoms with Crippen molar-refractivity contribution in [2.45, 2.75) is 19.4 Å². The Kier molecular flexibility index (Phi) is 5.94. The number of aromatic nitrogens is 1. The summed E-state index contributed by atoms with van der Waals surface area (Å²) < 4.78 is 5.29. The molecule has 1 aromatic heterocycles. The average Bonchev–Trinajstić information content (AvgIpc) is 3.56. The van der Waals surface area contributed by atoms with Gasteiger partial charge in [0.05, 0.1) is 23.9 Å². The van der Waals surface area contributed by atoms with E-state index in [1.165, 1.54) is 0 Å². The summed E-state index contributed by atoms with van der Waals surface area (Å²) in [4.78, 5) is 33.9. The van der Waals surface area contributed by atoms with Crippen LogP contribution in [0.2, 0.25) is 0 Å². The number of benzene rings is 2. The highest BCUT2D eigenvalue weighted by molar-refractivity contribution is 6.36. The summed E-state index contributed by atoms with van der Waals surface area (Å²) in [5.41, 5.74) is 6.19. The number of carbonyl (C=O) groups is 2. The van der Waals surface area contributed by atoms with Gasteiger partial charge in [-0.25, -0.2) is 0 Å². The number of nitrogens with one attached hydrogen (secondary N) is 2. The van der Waals surface area contributed by atoms with Gasteiger partial charge in [-0.05, 0) is 68.9 Å². The number of aryl methyl sites for hydroxylation is 1. The van der Waals surface area contributed by atoms with E-state index in [-0.39, 0.29) is 11.8 Å². The van der Waals surface area contributed by atoms with Crippen LogP contribution in [0.5, 0.6) is 5.75 Å². The molecule has 1 saturated heterocycles. The standard InChI is InChI=1S/C28H30N4O3/c1-17-14-22(28(34)32-13-12-19(16-32)31(2)3)25(29-17)15-23-26-21(6-5-7-24(26)30-27(23)33)18-8-10-20(35-4)11-9-18/h5-11,14-15,19,29H,12-13,16H2,1-4H3,(H,30,33)/b23-15-/t19-/m1/s1. The van der Waals surface area contributed by atoms with E-state index >= 15 is 0 Å². The monoisotopic (exact) mass is 470 g/mol. The zero-order valence-corrected chi connectivity index (χ0v) is 20.5. The van der Waals surface area contributed by atoms with Gasteiger partial charge in [-0.3, -0.25) is 9.59 Å². The highest BCUT2D eigenvalue weighted by atomic mass is 16.5. The maximum atomic E-state index is 13.4. The van der Waals surface area contributed by atoms with Crippen molar-refractivity contribution < 1.29 is 14.3 Å². The summed E-state index contributed by atoms with van der Waals surface area (Å²) in [6.07, 6.45) is 2.77. The lowest BCUT2D eigenvalue weighted by atomic mass is 9.94. The van der Waals surface area contributed by atoms with Crippen molar-refractivity contribution in [3.8, 4) is 16.9 Å². The number of hydrogen-bond acceptors (Lipinski definition) is 4. The molecule has 35 heavy (non-hydrogen) atoms. The Morgan fingerprint density at radius 3 is 2.63 bits per heavy atom. The van der Waals surface area contributed by atoms with E-state index in [1.807, 2.05) is 80.5 Å². The lowest BCUT2D eigenvalue weighted by molar-refractivity contribution is -0.110. The van der Waals surface area contributed by atoms with E-state index in [0.717, 1.165) is 46.8 Å². The quantitative estimate of drug-likeness (QED) is 0.546. The van der Waals surface area contributed by atoms with Gasteiger partial charge in [0.15, 0.2) is 0 Å². The third kappa shape index (κ3) is 4.23. The van der Waals surface area contributed by atoms with Gasteiger partial charge >= 0.3 is 0 Å². The van der Waals surface area contributed by atoms with Crippen LogP contribution in [0.3, 0.4) is 0 Å². The molecule has 2 aliphatic rings. The third-order valence-corrected chi connectivity index (χ3v) is 6.91. The van der Waals surface area contributed by atoms with E-state index < -0.39 is 0 Å². The van der Waals surface area contributed by atoms with Gasteiger partial charge in [0, 0.05) is 36.1 Å². The summed E-state index contributed by atoms with van der Waals surface area (Å²) >= 11 is 0. The summed E-state index contributed by atoms with van der Waals surface area (Å²) in [6, 6.07) is 15.9. The number of H-pyrrole nitrogens is 1. The Balaban J connectivity index is 1.54. The number of rotatable bonds is 5. The summed E-state index contributed by atoms with van der Waals surface area (Å²) in [6.45, 7) is 3.36. The van der Waals surface area contributed by atoms with Gasteiger partial charge in [-0.2, -0.15) is 0 Å². The molecule has 180 valence electrons. The van der Waals surface area contributed by atoms with Crippen molar-refractivity contribution in [2.24, 2.45) is 0 Å². The van der Waals surface area contributed by atoms with Gasteiger partial charge in [0.25, 0.3) is 11.8 Å². The van der Waals surface area contributed by atoms with Gasteiger partial charge in [0.2, 0.25) is 0 Å². The zero-order chi connectivity index (χ0) is 24.7. The van der Waals surface area contributed by atoms with Crippen LogP contribution in [0, 0.1) is 6.92 Å². The molecule has 2 amide bonds. The number of nitrogens with zero attached hydrogens (tertiary/aromatic N) is 2. The minimum absolute atomic E-state index is 0.00684. The number of anilines is 1. The van der Waals surface area contributed by atoms with Crippen LogP contribution in [-0.4, -0.2) is 66.9 Å². The fraction of sp³-hybridized carbons (Fsp3) is 0.286. The molecule has 2 aliphatic heterocycles. The minimum Gasteiger partial charge on any atom is -0.497 e. The molecular weight excluding hydrogens is 440 g/mol. The Morgan fingerprint density at radius 2 is 1.94 bits per heavy atom. The van der Waals surface area contributed by atoms with E-state index in [0.29, 0.717) is 29.4 Å². The normalized spacial score (nSPS) is 18.3. The molecule has 5 rings (SSSR count). The van der Waals surface area contributed by atoms with Gasteiger partial charge < -0.3 is 24.8 Å². The first-order chi connectivity index (χ1) is 16.9. The van der Waals surface area contributed by atoms with Gasteiger partial charge in [-0.1, -0.05) is 24.3 Å². The van der Waals surface area contributed by atoms with Crippen molar-refractivity contribution in [3.63, 3.8) is 0 Å². The number of amides is 2. The third-order valence-electron chi connectivity index (χ3n) is 6.91. The van der Waals surface area contributed by atoms with Crippen LogP contribution in [0.15, 0.2) is 48.5 Å². The Bertz CT molecular complexity index is 1320. The first kappa shape index (κ1) is 22.9. The van der Waals surface area contributed by atoms with E-state index in [9.17, 15) is 9.59 Å². The number of hydrogen-bond donors (Lipinski definition) is 2. The number of likely N-dealkylation sites (tertiary alicyclic amines) is 1. The van der Waals surface area contributed by atoms with E-state index in [4.69, 9.17) is 4.74 Å². The number of ether oxygens (including phenoxy) is 1. The number of fused-ring (bicyclic) bond motifs is 1. The number of carbonyl (C=O) groups excluding carboxylic acids is 2. The molecule has 0 saturated carbocycles. The highest BCUT2D eigenvalue weighted by Gasteiger charge is 2.31. The van der Waals surface area contributed by atoms with E-state index in [2.05, 4.69) is 15.2 Å². The number of methoxy groups -OCH3 is 1. The molecule has 0 aliphatic carbocycles. The molecule has 7 heteroatoms. The van der Waals surface area contributed by atoms with Crippen LogP contribution >= 0.6 is 0 Å². The summed E-state index contributed by atoms with van der Waals surface area (Å²) in [5.74, 6) is 0.586. The van der Waals surface area contributed by atoms with Crippen LogP contribution in [0.4, 0.5) is 5.69 Å². The molecule has 1 atom stereocenters. The van der Waals surface area contributed by atoms with Crippen molar-refractivity contribution in [3.05, 3.63) is 71.0 Å². The smallest absolute Gasteiger partial charge is 0.256 e. The lowest BCUT2D eigenvalue weighted by Gasteiger charge is -2.20. The molecule has 2 aromatic carbocycles. The Hall–Kier alpha value is -3.84. The molecule has 2 N–H and O–H groups in total. The van der Waals surface area contributed by atoms with Crippen LogP contribution in [0.25, 0.3) is 22.8 Å². The van der Waals surface area contributed by atoms with Crippen molar-refractivity contribution in [1.29, 1.82) is 0 Å². The van der Waals surface area contributed by atoms with Crippen molar-refractivity contribution in [1.82, 2.24) is 14.8 Å². The zero-order valence-electron chi connectivity index (χ0n) is 20.5. The average molecular weight is 471 g/mol. The maximum absolute atomic E-state index is 13.4. The largest absolute Gasteiger partial charge is 0.497 e. The summed E-state index contributed by atoms with van der Waals surface area (Å²) in [5, 5.41) is 2.98. The second kappa shape index (κ2) is 9.07. The van der Waals surface area contributed by atoms with Crippen molar-refractivity contribution in [2.75, 3.05) is 39.6 Å². The number of aromatic amines is 1. The summed E-state index contributed by atoms with van der Waals surface area (Å²) in [7, 11) is 5.73. The second-order valence-electron chi connectivity index (χ2n) is 9.41. The van der Waals surface area contributed by atoms with Crippen molar-refractivity contribution >= 4 is 29.2 Å². The molecule has 0 unspecified atom stereocenters. The SMILES string of the molecule is COc1ccc(-c2cccc3c2/C(=C/c2[nH]c(C)cc2C(=O)N2CC[C@@H](N(C)C)C2)C(=O)N3)cc1. The van der Waals surface area contributed by atoms with Gasteiger partial charge in [-0.15, -0.1) is 0 Å². The van der Waals surface area contributed by atoms with Crippen LogP contribution in [-0.2, 0) is 4.79 Å². The van der Waals surface area contributed by atoms with Gasteiger partial charge in [0.1, 0.15) is 5.75 Å². The lowest BCUT2D eigenvalue weighted by Crippen LogP contribution is -2.34. The van der Waals surface area contributed by atoms with Crippen LogP contribution in [0.1, 0.15) is 33.7 Å². The molecule has 0 spiro atoms. The highest BCUT2D eigenvalue weighted by Crippen LogP contribution is 2.41. The Morgan fingerprint density at radius 1 is 1.17 bits per heavy atom. The molecule has 0 bridgehead atoms. The molecule has 3 heterocycles. The fourth-order valence-electron chi connectivity index (χ4n) is 4.96. The minimum atomic E-state index is -0.180. The molecular formula is C28H30N4O3.